The summed E-state index contributed by atoms with van der Waals surface area (Å²) in [5.41, 5.74) is 3.51. The summed E-state index contributed by atoms with van der Waals surface area (Å²) in [4.78, 5) is 25.4. The molecule has 3 aromatic rings. The van der Waals surface area contributed by atoms with E-state index in [0.717, 1.165) is 24.3 Å². The fourth-order valence-corrected chi connectivity index (χ4v) is 4.09. The number of carbonyl (C=O) groups excluding carboxylic acids is 2. The molecule has 2 amide bonds. The largest absolute Gasteiger partial charge is 0.457 e. The Bertz CT molecular complexity index is 1320. The number of thioether (sulfide) groups is 1. The molecule has 10 heteroatoms. The average molecular weight is 572 g/mol. The molecule has 0 bridgehead atoms. The van der Waals surface area contributed by atoms with Gasteiger partial charge in [0.2, 0.25) is 0 Å². The Balaban J connectivity index is 1.61. The van der Waals surface area contributed by atoms with Crippen LogP contribution < -0.4 is 15.5 Å². The summed E-state index contributed by atoms with van der Waals surface area (Å²) >= 11 is 1.49. The van der Waals surface area contributed by atoms with Gasteiger partial charge in [-0.1, -0.05) is 45.0 Å². The number of amides is 2. The van der Waals surface area contributed by atoms with Crippen LogP contribution in [-0.2, 0) is 16.4 Å². The normalized spacial score (nSPS) is 12.7. The fraction of sp³-hybridized carbons (Fsp3) is 0.300. The van der Waals surface area contributed by atoms with Crippen LogP contribution in [-0.4, -0.2) is 36.1 Å². The van der Waals surface area contributed by atoms with Crippen LogP contribution in [0.25, 0.3) is 0 Å². The van der Waals surface area contributed by atoms with E-state index in [1.54, 1.807) is 18.2 Å². The molecule has 0 radical (unpaired) electrons. The zero-order valence-electron chi connectivity index (χ0n) is 22.7. The highest BCUT2D eigenvalue weighted by Gasteiger charge is 2.30. The number of hydrogen-bond acceptors (Lipinski definition) is 5. The van der Waals surface area contributed by atoms with E-state index < -0.39 is 29.6 Å². The van der Waals surface area contributed by atoms with E-state index >= 15 is 0 Å². The van der Waals surface area contributed by atoms with E-state index in [-0.39, 0.29) is 11.0 Å². The zero-order chi connectivity index (χ0) is 29.3. The lowest BCUT2D eigenvalue weighted by Gasteiger charge is -2.19. The van der Waals surface area contributed by atoms with Crippen molar-refractivity contribution in [1.82, 2.24) is 10.7 Å². The highest BCUT2D eigenvalue weighted by atomic mass is 32.2. The number of carbonyl (C=O) groups is 2. The second-order valence-electron chi connectivity index (χ2n) is 10.1. The Kier molecular flexibility index (Phi) is 10.4. The third-order valence-electron chi connectivity index (χ3n) is 5.91. The van der Waals surface area contributed by atoms with Gasteiger partial charge in [-0.2, -0.15) is 30.0 Å². The molecule has 212 valence electrons. The predicted molar refractivity (Wildman–Crippen MR) is 153 cm³/mol. The van der Waals surface area contributed by atoms with Crippen molar-refractivity contribution in [2.75, 3.05) is 12.0 Å². The Morgan fingerprint density at radius 1 is 0.950 bits per heavy atom. The van der Waals surface area contributed by atoms with Gasteiger partial charge in [0.25, 0.3) is 11.8 Å². The first-order valence-corrected chi connectivity index (χ1v) is 13.9. The molecule has 0 aliphatic carbocycles. The second-order valence-corrected chi connectivity index (χ2v) is 11.1. The molecule has 3 rings (SSSR count). The number of halogens is 3. The zero-order valence-corrected chi connectivity index (χ0v) is 23.5. The molecule has 1 atom stereocenters. The van der Waals surface area contributed by atoms with Gasteiger partial charge in [-0.15, -0.1) is 0 Å². The van der Waals surface area contributed by atoms with Gasteiger partial charge in [-0.05, 0) is 83.5 Å². The minimum Gasteiger partial charge on any atom is -0.457 e. The lowest BCUT2D eigenvalue weighted by molar-refractivity contribution is -0.137. The molecule has 1 unspecified atom stereocenters. The van der Waals surface area contributed by atoms with Crippen LogP contribution in [0.2, 0.25) is 0 Å². The molecule has 6 nitrogen and oxygen atoms in total. The maximum atomic E-state index is 12.8. The lowest BCUT2D eigenvalue weighted by atomic mass is 9.87. The van der Waals surface area contributed by atoms with Gasteiger partial charge >= 0.3 is 6.18 Å². The van der Waals surface area contributed by atoms with Gasteiger partial charge in [0, 0.05) is 5.56 Å². The Morgan fingerprint density at radius 2 is 1.60 bits per heavy atom. The minimum absolute atomic E-state index is 0.0170. The summed E-state index contributed by atoms with van der Waals surface area (Å²) in [6, 6.07) is 17.9. The summed E-state index contributed by atoms with van der Waals surface area (Å²) in [5.74, 6) is 0.665. The quantitative estimate of drug-likeness (QED) is 0.207. The first-order valence-electron chi connectivity index (χ1n) is 12.6. The van der Waals surface area contributed by atoms with Gasteiger partial charge in [0.1, 0.15) is 17.5 Å². The summed E-state index contributed by atoms with van der Waals surface area (Å²) in [6.45, 7) is 6.42. The first kappa shape index (κ1) is 30.7. The Morgan fingerprint density at radius 3 is 2.20 bits per heavy atom. The number of hydrazone groups is 1. The summed E-state index contributed by atoms with van der Waals surface area (Å²) < 4.78 is 44.4. The van der Waals surface area contributed by atoms with Crippen molar-refractivity contribution in [3.63, 3.8) is 0 Å². The Labute approximate surface area is 236 Å². The number of alkyl halides is 3. The van der Waals surface area contributed by atoms with Crippen LogP contribution in [0.5, 0.6) is 11.5 Å². The molecule has 3 aromatic carbocycles. The molecule has 0 aromatic heterocycles. The van der Waals surface area contributed by atoms with Gasteiger partial charge < -0.3 is 10.1 Å². The highest BCUT2D eigenvalue weighted by Crippen LogP contribution is 2.29. The molecule has 0 fully saturated rings. The number of ether oxygens (including phenoxy) is 1. The number of rotatable bonds is 10. The smallest absolute Gasteiger partial charge is 0.416 e. The van der Waals surface area contributed by atoms with Crippen molar-refractivity contribution < 1.29 is 27.5 Å². The van der Waals surface area contributed by atoms with Gasteiger partial charge in [0.05, 0.1) is 11.8 Å². The average Bonchev–Trinajstić information content (AvgIpc) is 2.90. The van der Waals surface area contributed by atoms with Gasteiger partial charge in [-0.3, -0.25) is 9.59 Å². The van der Waals surface area contributed by atoms with Crippen LogP contribution in [0.3, 0.4) is 0 Å². The third kappa shape index (κ3) is 9.15. The second kappa shape index (κ2) is 13.5. The van der Waals surface area contributed by atoms with E-state index in [2.05, 4.69) is 36.6 Å². The monoisotopic (exact) mass is 571 g/mol. The molecule has 0 spiro atoms. The van der Waals surface area contributed by atoms with E-state index in [0.29, 0.717) is 29.2 Å². The van der Waals surface area contributed by atoms with E-state index in [1.165, 1.54) is 23.5 Å². The maximum Gasteiger partial charge on any atom is 0.416 e. The molecule has 40 heavy (non-hydrogen) atoms. The summed E-state index contributed by atoms with van der Waals surface area (Å²) in [7, 11) is 0. The van der Waals surface area contributed by atoms with Crippen molar-refractivity contribution in [1.29, 1.82) is 0 Å². The van der Waals surface area contributed by atoms with Crippen molar-refractivity contribution >= 4 is 29.8 Å². The molecule has 0 aliphatic heterocycles. The van der Waals surface area contributed by atoms with Crippen LogP contribution in [0.15, 0.2) is 77.9 Å². The Hall–Kier alpha value is -3.79. The van der Waals surface area contributed by atoms with Crippen LogP contribution in [0.4, 0.5) is 13.2 Å². The molecule has 0 heterocycles. The summed E-state index contributed by atoms with van der Waals surface area (Å²) in [5, 5.41) is 6.60. The third-order valence-corrected chi connectivity index (χ3v) is 6.55. The molecule has 0 aliphatic rings. The highest BCUT2D eigenvalue weighted by molar-refractivity contribution is 7.98. The van der Waals surface area contributed by atoms with E-state index in [9.17, 15) is 22.8 Å². The van der Waals surface area contributed by atoms with Crippen molar-refractivity contribution in [3.05, 3.63) is 95.1 Å². The maximum absolute atomic E-state index is 12.8. The lowest BCUT2D eigenvalue weighted by Crippen LogP contribution is -2.45. The van der Waals surface area contributed by atoms with Crippen molar-refractivity contribution in [2.45, 2.75) is 44.8 Å². The van der Waals surface area contributed by atoms with Crippen molar-refractivity contribution in [3.8, 4) is 11.5 Å². The van der Waals surface area contributed by atoms with Crippen LogP contribution in [0, 0.1) is 0 Å². The van der Waals surface area contributed by atoms with E-state index in [1.807, 2.05) is 36.6 Å². The number of nitrogens with zero attached hydrogens (tertiary/aromatic N) is 1. The van der Waals surface area contributed by atoms with Crippen LogP contribution in [0.1, 0.15) is 54.2 Å². The van der Waals surface area contributed by atoms with Gasteiger partial charge in [-0.25, -0.2) is 5.43 Å². The fourth-order valence-electron chi connectivity index (χ4n) is 3.62. The summed E-state index contributed by atoms with van der Waals surface area (Å²) in [6.07, 6.45) is -0.876. The van der Waals surface area contributed by atoms with Crippen molar-refractivity contribution in [2.24, 2.45) is 5.10 Å². The standard InChI is InChI=1S/C30H32F3N3O3S/c1-29(2,3)22-12-14-24(15-13-22)39-25-7-5-6-20(18-25)19-34-36-28(38)26(16-17-40-4)35-27(37)21-8-10-23(11-9-21)30(31,32)33/h5-15,18-19,26H,16-17H2,1-4H3,(H,35,37)(H,36,38). The topological polar surface area (TPSA) is 79.8 Å². The molecule has 2 N–H and O–H groups in total. The first-order chi connectivity index (χ1) is 18.9. The molecule has 0 saturated carbocycles. The SMILES string of the molecule is CSCCC(NC(=O)c1ccc(C(F)(F)F)cc1)C(=O)NN=Cc1cccc(Oc2ccc(C(C)(C)C)cc2)c1. The number of benzene rings is 3. The number of nitrogens with one attached hydrogen (secondary N) is 2. The van der Waals surface area contributed by atoms with E-state index in [4.69, 9.17) is 4.74 Å². The predicted octanol–water partition coefficient (Wildman–Crippen LogP) is 6.80. The number of hydrogen-bond donors (Lipinski definition) is 2. The minimum atomic E-state index is -4.50. The molecule has 0 saturated heterocycles. The van der Waals surface area contributed by atoms with Gasteiger partial charge in [0.15, 0.2) is 0 Å². The van der Waals surface area contributed by atoms with Crippen LogP contribution >= 0.6 is 11.8 Å². The molecular weight excluding hydrogens is 539 g/mol. The molecular formula is C30H32F3N3O3S.